The summed E-state index contributed by atoms with van der Waals surface area (Å²) in [5.41, 5.74) is 0.824. The van der Waals surface area contributed by atoms with Gasteiger partial charge >= 0.3 is 0 Å². The molecule has 1 saturated heterocycles. The number of amides is 2. The number of furan rings is 1. The molecule has 1 aliphatic heterocycles. The molecule has 1 unspecified atom stereocenters. The van der Waals surface area contributed by atoms with E-state index in [1.807, 2.05) is 6.92 Å². The topological polar surface area (TPSA) is 83.4 Å². The van der Waals surface area contributed by atoms with Crippen LogP contribution in [0.3, 0.4) is 0 Å². The van der Waals surface area contributed by atoms with E-state index in [2.05, 4.69) is 16.0 Å². The maximum Gasteiger partial charge on any atom is 0.287 e. The Bertz CT molecular complexity index is 470. The molecule has 2 amide bonds. The van der Waals surface area contributed by atoms with Crippen LogP contribution in [0.5, 0.6) is 0 Å². The molecule has 0 aromatic carbocycles. The summed E-state index contributed by atoms with van der Waals surface area (Å²) in [7, 11) is 0. The van der Waals surface area contributed by atoms with Crippen LogP contribution in [0.25, 0.3) is 0 Å². The largest absolute Gasteiger partial charge is 0.459 e. The molecular weight excluding hydrogens is 294 g/mol. The molecule has 0 radical (unpaired) electrons. The van der Waals surface area contributed by atoms with E-state index in [9.17, 15) is 9.59 Å². The third-order valence-corrected chi connectivity index (χ3v) is 3.44. The van der Waals surface area contributed by atoms with Gasteiger partial charge in [0.15, 0.2) is 5.76 Å². The van der Waals surface area contributed by atoms with Gasteiger partial charge in [0.2, 0.25) is 5.91 Å². The monoisotopic (exact) mass is 315 g/mol. The van der Waals surface area contributed by atoms with Gasteiger partial charge < -0.3 is 20.4 Å². The second-order valence-corrected chi connectivity index (χ2v) is 5.02. The van der Waals surface area contributed by atoms with Crippen LogP contribution in [0.4, 0.5) is 0 Å². The Balaban J connectivity index is 0.00000220. The summed E-state index contributed by atoms with van der Waals surface area (Å²) in [6, 6.07) is 1.75. The smallest absolute Gasteiger partial charge is 0.287 e. The number of aryl methyl sites for hydroxylation is 1. The second kappa shape index (κ2) is 8.69. The zero-order valence-electron chi connectivity index (χ0n) is 12.1. The zero-order valence-corrected chi connectivity index (χ0v) is 12.9. The molecule has 1 atom stereocenters. The summed E-state index contributed by atoms with van der Waals surface area (Å²) < 4.78 is 5.10. The Kier molecular flexibility index (Phi) is 7.25. The minimum absolute atomic E-state index is 0. The lowest BCUT2D eigenvalue weighted by Crippen LogP contribution is -2.34. The summed E-state index contributed by atoms with van der Waals surface area (Å²) in [6.07, 6.45) is 3.11. The molecule has 1 aromatic rings. The Morgan fingerprint density at radius 1 is 1.38 bits per heavy atom. The quantitative estimate of drug-likeness (QED) is 0.680. The number of hydrogen-bond acceptors (Lipinski definition) is 4. The molecule has 0 aliphatic carbocycles. The van der Waals surface area contributed by atoms with Gasteiger partial charge in [-0.15, -0.1) is 12.4 Å². The fourth-order valence-electron chi connectivity index (χ4n) is 2.21. The number of nitrogens with one attached hydrogen (secondary N) is 3. The summed E-state index contributed by atoms with van der Waals surface area (Å²) in [6.45, 7) is 4.60. The van der Waals surface area contributed by atoms with Crippen molar-refractivity contribution in [3.8, 4) is 0 Å². The number of hydrogen-bond donors (Lipinski definition) is 3. The Hall–Kier alpha value is -1.53. The fourth-order valence-corrected chi connectivity index (χ4v) is 2.21. The van der Waals surface area contributed by atoms with E-state index in [0.29, 0.717) is 25.3 Å². The molecule has 21 heavy (non-hydrogen) atoms. The molecule has 1 fully saturated rings. The minimum atomic E-state index is -0.209. The van der Waals surface area contributed by atoms with E-state index in [4.69, 9.17) is 4.42 Å². The van der Waals surface area contributed by atoms with Crippen LogP contribution in [0.2, 0.25) is 0 Å². The first kappa shape index (κ1) is 17.5. The van der Waals surface area contributed by atoms with E-state index >= 15 is 0 Å². The van der Waals surface area contributed by atoms with Crippen molar-refractivity contribution in [2.75, 3.05) is 26.2 Å². The first-order chi connectivity index (χ1) is 9.68. The summed E-state index contributed by atoms with van der Waals surface area (Å²) >= 11 is 0. The van der Waals surface area contributed by atoms with Crippen molar-refractivity contribution in [1.82, 2.24) is 16.0 Å². The molecule has 0 spiro atoms. The van der Waals surface area contributed by atoms with Gasteiger partial charge in [-0.05, 0) is 32.4 Å². The van der Waals surface area contributed by atoms with Crippen LogP contribution < -0.4 is 16.0 Å². The predicted molar refractivity (Wildman–Crippen MR) is 81.6 cm³/mol. The number of carbonyl (C=O) groups excluding carboxylic acids is 2. The summed E-state index contributed by atoms with van der Waals surface area (Å²) in [5, 5.41) is 8.83. The molecule has 2 rings (SSSR count). The van der Waals surface area contributed by atoms with Crippen molar-refractivity contribution < 1.29 is 14.0 Å². The van der Waals surface area contributed by atoms with Crippen LogP contribution >= 0.6 is 12.4 Å². The highest BCUT2D eigenvalue weighted by atomic mass is 35.5. The van der Waals surface area contributed by atoms with Crippen molar-refractivity contribution in [2.45, 2.75) is 19.8 Å². The SMILES string of the molecule is Cc1ccoc1C(=O)NCCCNC(=O)C1CCNC1.Cl. The van der Waals surface area contributed by atoms with Gasteiger partial charge in [0.05, 0.1) is 12.2 Å². The standard InChI is InChI=1S/C14H21N3O3.ClH/c1-10-4-8-20-12(10)14(19)17-6-2-5-16-13(18)11-3-7-15-9-11;/h4,8,11,15H,2-3,5-7,9H2,1H3,(H,16,18)(H,17,19);1H. The summed E-state index contributed by atoms with van der Waals surface area (Å²) in [5.74, 6) is 0.337. The number of halogens is 1. The number of carbonyl (C=O) groups is 2. The predicted octanol–water partition coefficient (Wildman–Crippen LogP) is 0.855. The van der Waals surface area contributed by atoms with Gasteiger partial charge in [0, 0.05) is 25.2 Å². The molecule has 6 nitrogen and oxygen atoms in total. The maximum atomic E-state index is 11.7. The van der Waals surface area contributed by atoms with Gasteiger partial charge in [-0.25, -0.2) is 0 Å². The van der Waals surface area contributed by atoms with Gasteiger partial charge in [0.25, 0.3) is 5.91 Å². The molecule has 1 aromatic heterocycles. The van der Waals surface area contributed by atoms with E-state index < -0.39 is 0 Å². The lowest BCUT2D eigenvalue weighted by molar-refractivity contribution is -0.124. The van der Waals surface area contributed by atoms with Crippen molar-refractivity contribution in [2.24, 2.45) is 5.92 Å². The molecule has 1 aliphatic rings. The molecule has 3 N–H and O–H groups in total. The van der Waals surface area contributed by atoms with Crippen molar-refractivity contribution >= 4 is 24.2 Å². The van der Waals surface area contributed by atoms with Crippen LogP contribution in [0, 0.1) is 12.8 Å². The highest BCUT2D eigenvalue weighted by Gasteiger charge is 2.21. The summed E-state index contributed by atoms with van der Waals surface area (Å²) in [4.78, 5) is 23.5. The third kappa shape index (κ3) is 5.06. The first-order valence-electron chi connectivity index (χ1n) is 6.99. The van der Waals surface area contributed by atoms with Gasteiger partial charge in [-0.1, -0.05) is 0 Å². The second-order valence-electron chi connectivity index (χ2n) is 5.02. The maximum absolute atomic E-state index is 11.7. The van der Waals surface area contributed by atoms with E-state index in [1.54, 1.807) is 6.07 Å². The third-order valence-electron chi connectivity index (χ3n) is 3.44. The van der Waals surface area contributed by atoms with Crippen LogP contribution in [0.15, 0.2) is 16.7 Å². The zero-order chi connectivity index (χ0) is 14.4. The van der Waals surface area contributed by atoms with Gasteiger partial charge in [-0.2, -0.15) is 0 Å². The van der Waals surface area contributed by atoms with E-state index in [-0.39, 0.29) is 30.1 Å². The molecule has 2 heterocycles. The minimum Gasteiger partial charge on any atom is -0.459 e. The van der Waals surface area contributed by atoms with Crippen molar-refractivity contribution in [1.29, 1.82) is 0 Å². The molecular formula is C14H22ClN3O3. The van der Waals surface area contributed by atoms with Gasteiger partial charge in [0.1, 0.15) is 0 Å². The molecule has 7 heteroatoms. The molecule has 0 bridgehead atoms. The van der Waals surface area contributed by atoms with E-state index in [0.717, 1.165) is 25.1 Å². The molecule has 0 saturated carbocycles. The highest BCUT2D eigenvalue weighted by Crippen LogP contribution is 2.08. The van der Waals surface area contributed by atoms with Crippen molar-refractivity contribution in [3.63, 3.8) is 0 Å². The molecule has 118 valence electrons. The Morgan fingerprint density at radius 2 is 2.14 bits per heavy atom. The Labute approximate surface area is 130 Å². The number of rotatable bonds is 6. The highest BCUT2D eigenvalue weighted by molar-refractivity contribution is 5.92. The van der Waals surface area contributed by atoms with Crippen molar-refractivity contribution in [3.05, 3.63) is 23.7 Å². The normalized spacial score (nSPS) is 17.1. The lowest BCUT2D eigenvalue weighted by Gasteiger charge is -2.10. The Morgan fingerprint density at radius 3 is 2.76 bits per heavy atom. The average Bonchev–Trinajstić information content (AvgIpc) is 3.08. The van der Waals surface area contributed by atoms with Crippen LogP contribution in [-0.4, -0.2) is 38.0 Å². The van der Waals surface area contributed by atoms with Gasteiger partial charge in [-0.3, -0.25) is 9.59 Å². The van der Waals surface area contributed by atoms with Crippen LogP contribution in [0.1, 0.15) is 29.0 Å². The van der Waals surface area contributed by atoms with Crippen LogP contribution in [-0.2, 0) is 4.79 Å². The van der Waals surface area contributed by atoms with E-state index in [1.165, 1.54) is 6.26 Å². The average molecular weight is 316 g/mol. The first-order valence-corrected chi connectivity index (χ1v) is 6.99. The fraction of sp³-hybridized carbons (Fsp3) is 0.571. The lowest BCUT2D eigenvalue weighted by atomic mass is 10.1.